The molecule has 0 aliphatic carbocycles. The minimum absolute atomic E-state index is 0.0444. The summed E-state index contributed by atoms with van der Waals surface area (Å²) in [6.07, 6.45) is 2.69. The number of rotatable bonds is 4. The number of aliphatic hydroxyl groups is 1. The number of carbonyl (C=O) groups is 1. The maximum Gasteiger partial charge on any atom is 0.180 e. The first-order valence-corrected chi connectivity index (χ1v) is 9.09. The topological polar surface area (TPSA) is 80.9 Å². The molecule has 0 spiro atoms. The number of Topliss-reactive ketones (excluding diaryl/α,β-unsaturated/α-hetero) is 1. The Morgan fingerprint density at radius 3 is 2.33 bits per heavy atom. The second-order valence-corrected chi connectivity index (χ2v) is 8.32. The largest absolute Gasteiger partial charge is 0.385 e. The quantitative estimate of drug-likeness (QED) is 0.703. The fourth-order valence-corrected chi connectivity index (χ4v) is 3.22. The highest BCUT2D eigenvalue weighted by atomic mass is 16.3. The Labute approximate surface area is 159 Å². The first-order chi connectivity index (χ1) is 12.6. The van der Waals surface area contributed by atoms with Crippen LogP contribution in [0.3, 0.4) is 0 Å². The SMILES string of the molecule is CC(=O)c1nn(CC(C)(C)C)c2c(C)cc(-c3cnc([C@H](C)O)nc3)cc12. The van der Waals surface area contributed by atoms with Gasteiger partial charge in [-0.05, 0) is 42.5 Å². The molecule has 0 saturated carbocycles. The summed E-state index contributed by atoms with van der Waals surface area (Å²) >= 11 is 0. The van der Waals surface area contributed by atoms with Crippen LogP contribution in [0.15, 0.2) is 24.5 Å². The zero-order chi connectivity index (χ0) is 19.9. The van der Waals surface area contributed by atoms with E-state index in [1.807, 2.05) is 17.7 Å². The van der Waals surface area contributed by atoms with Crippen LogP contribution in [0.5, 0.6) is 0 Å². The number of carbonyl (C=O) groups excluding carboxylic acids is 1. The number of aromatic nitrogens is 4. The van der Waals surface area contributed by atoms with Crippen LogP contribution in [-0.2, 0) is 6.54 Å². The summed E-state index contributed by atoms with van der Waals surface area (Å²) in [5, 5.41) is 15.0. The predicted octanol–water partition coefficient (Wildman–Crippen LogP) is 4.10. The number of aryl methyl sites for hydroxylation is 1. The van der Waals surface area contributed by atoms with Gasteiger partial charge in [0.2, 0.25) is 0 Å². The third-order valence-corrected chi connectivity index (χ3v) is 4.37. The van der Waals surface area contributed by atoms with Gasteiger partial charge in [-0.1, -0.05) is 20.8 Å². The number of nitrogens with zero attached hydrogens (tertiary/aromatic N) is 4. The average Bonchev–Trinajstić information content (AvgIpc) is 2.92. The molecule has 1 N–H and O–H groups in total. The van der Waals surface area contributed by atoms with Gasteiger partial charge in [0.15, 0.2) is 11.6 Å². The molecular weight excluding hydrogens is 340 g/mol. The first kappa shape index (κ1) is 19.2. The van der Waals surface area contributed by atoms with Crippen molar-refractivity contribution in [3.05, 3.63) is 41.6 Å². The van der Waals surface area contributed by atoms with Crippen LogP contribution in [0.2, 0.25) is 0 Å². The normalized spacial score (nSPS) is 13.1. The highest BCUT2D eigenvalue weighted by Gasteiger charge is 2.21. The van der Waals surface area contributed by atoms with Gasteiger partial charge in [-0.25, -0.2) is 9.97 Å². The molecule has 1 aromatic carbocycles. The van der Waals surface area contributed by atoms with Crippen molar-refractivity contribution in [2.75, 3.05) is 0 Å². The fraction of sp³-hybridized carbons (Fsp3) is 0.429. The van der Waals surface area contributed by atoms with E-state index in [1.165, 1.54) is 0 Å². The molecule has 6 nitrogen and oxygen atoms in total. The maximum absolute atomic E-state index is 12.2. The van der Waals surface area contributed by atoms with E-state index < -0.39 is 6.10 Å². The minimum Gasteiger partial charge on any atom is -0.385 e. The van der Waals surface area contributed by atoms with Gasteiger partial charge in [-0.15, -0.1) is 0 Å². The van der Waals surface area contributed by atoms with E-state index in [9.17, 15) is 9.90 Å². The molecule has 1 atom stereocenters. The van der Waals surface area contributed by atoms with E-state index in [4.69, 9.17) is 0 Å². The number of hydrogen-bond donors (Lipinski definition) is 1. The summed E-state index contributed by atoms with van der Waals surface area (Å²) in [7, 11) is 0. The number of hydrogen-bond acceptors (Lipinski definition) is 5. The highest BCUT2D eigenvalue weighted by molar-refractivity contribution is 6.06. The Morgan fingerprint density at radius 2 is 1.81 bits per heavy atom. The van der Waals surface area contributed by atoms with E-state index in [2.05, 4.69) is 41.9 Å². The zero-order valence-corrected chi connectivity index (χ0v) is 16.7. The Kier molecular flexibility index (Phi) is 4.86. The second kappa shape index (κ2) is 6.85. The van der Waals surface area contributed by atoms with Crippen molar-refractivity contribution in [3.63, 3.8) is 0 Å². The lowest BCUT2D eigenvalue weighted by Crippen LogP contribution is -2.17. The van der Waals surface area contributed by atoms with Crippen molar-refractivity contribution in [2.45, 2.75) is 54.2 Å². The van der Waals surface area contributed by atoms with Gasteiger partial charge >= 0.3 is 0 Å². The van der Waals surface area contributed by atoms with Crippen LogP contribution in [-0.4, -0.2) is 30.6 Å². The smallest absolute Gasteiger partial charge is 0.180 e. The highest BCUT2D eigenvalue weighted by Crippen LogP contribution is 2.31. The molecule has 0 aliphatic rings. The van der Waals surface area contributed by atoms with Gasteiger partial charge in [0.1, 0.15) is 11.8 Å². The van der Waals surface area contributed by atoms with E-state index >= 15 is 0 Å². The maximum atomic E-state index is 12.2. The van der Waals surface area contributed by atoms with E-state index in [-0.39, 0.29) is 11.2 Å². The second-order valence-electron chi connectivity index (χ2n) is 8.32. The molecule has 0 aliphatic heterocycles. The molecule has 27 heavy (non-hydrogen) atoms. The molecule has 0 unspecified atom stereocenters. The number of fused-ring (bicyclic) bond motifs is 1. The van der Waals surface area contributed by atoms with Crippen LogP contribution in [0, 0.1) is 12.3 Å². The lowest BCUT2D eigenvalue weighted by Gasteiger charge is -2.19. The van der Waals surface area contributed by atoms with Crippen molar-refractivity contribution >= 4 is 16.7 Å². The lowest BCUT2D eigenvalue weighted by atomic mass is 9.96. The van der Waals surface area contributed by atoms with E-state index in [0.29, 0.717) is 11.5 Å². The molecule has 2 heterocycles. The van der Waals surface area contributed by atoms with Crippen molar-refractivity contribution in [2.24, 2.45) is 5.41 Å². The molecule has 2 aromatic heterocycles. The van der Waals surface area contributed by atoms with Crippen LogP contribution in [0.1, 0.15) is 62.6 Å². The van der Waals surface area contributed by atoms with Gasteiger partial charge < -0.3 is 5.11 Å². The van der Waals surface area contributed by atoms with Crippen molar-refractivity contribution in [1.82, 2.24) is 19.7 Å². The molecular formula is C21H26N4O2. The summed E-state index contributed by atoms with van der Waals surface area (Å²) in [5.74, 6) is 0.337. The molecule has 142 valence electrons. The minimum atomic E-state index is -0.705. The van der Waals surface area contributed by atoms with Gasteiger partial charge in [-0.2, -0.15) is 5.10 Å². The number of aliphatic hydroxyl groups excluding tert-OH is 1. The Morgan fingerprint density at radius 1 is 1.19 bits per heavy atom. The summed E-state index contributed by atoms with van der Waals surface area (Å²) in [4.78, 5) is 20.6. The average molecular weight is 366 g/mol. The van der Waals surface area contributed by atoms with Crippen LogP contribution < -0.4 is 0 Å². The van der Waals surface area contributed by atoms with Gasteiger partial charge in [0.25, 0.3) is 0 Å². The molecule has 0 fully saturated rings. The Hall–Kier alpha value is -2.60. The number of benzene rings is 1. The van der Waals surface area contributed by atoms with Gasteiger partial charge in [0.05, 0.1) is 5.52 Å². The standard InChI is InChI=1S/C21H26N4O2/c1-12-7-15(16-9-22-20(14(3)27)23-10-16)8-17-18(13(2)26)24-25(19(12)17)11-21(4,5)6/h7-10,14,27H,11H2,1-6H3/t14-/m0/s1. The van der Waals surface area contributed by atoms with E-state index in [1.54, 1.807) is 26.2 Å². The molecule has 6 heteroatoms. The van der Waals surface area contributed by atoms with Crippen molar-refractivity contribution < 1.29 is 9.90 Å². The molecule has 0 radical (unpaired) electrons. The first-order valence-electron chi connectivity index (χ1n) is 9.09. The monoisotopic (exact) mass is 366 g/mol. The lowest BCUT2D eigenvalue weighted by molar-refractivity contribution is 0.101. The zero-order valence-electron chi connectivity index (χ0n) is 16.7. The molecule has 0 bridgehead atoms. The third kappa shape index (κ3) is 3.90. The Bertz CT molecular complexity index is 996. The molecule has 0 amide bonds. The van der Waals surface area contributed by atoms with Crippen LogP contribution >= 0.6 is 0 Å². The van der Waals surface area contributed by atoms with Gasteiger partial charge in [-0.3, -0.25) is 9.48 Å². The summed E-state index contributed by atoms with van der Waals surface area (Å²) in [5.41, 5.74) is 4.33. The van der Waals surface area contributed by atoms with Crippen LogP contribution in [0.4, 0.5) is 0 Å². The molecule has 3 aromatic rings. The van der Waals surface area contributed by atoms with Crippen molar-refractivity contribution in [3.8, 4) is 11.1 Å². The Balaban J connectivity index is 2.18. The molecule has 3 rings (SSSR count). The van der Waals surface area contributed by atoms with Gasteiger partial charge in [0, 0.05) is 36.8 Å². The van der Waals surface area contributed by atoms with Crippen LogP contribution in [0.25, 0.3) is 22.0 Å². The fourth-order valence-electron chi connectivity index (χ4n) is 3.22. The third-order valence-electron chi connectivity index (χ3n) is 4.37. The summed E-state index contributed by atoms with van der Waals surface area (Å²) < 4.78 is 1.94. The molecule has 0 saturated heterocycles. The predicted molar refractivity (Wildman–Crippen MR) is 106 cm³/mol. The van der Waals surface area contributed by atoms with Crippen molar-refractivity contribution in [1.29, 1.82) is 0 Å². The number of ketones is 1. The van der Waals surface area contributed by atoms with E-state index in [0.717, 1.165) is 34.1 Å². The summed E-state index contributed by atoms with van der Waals surface area (Å²) in [6.45, 7) is 12.4. The summed E-state index contributed by atoms with van der Waals surface area (Å²) in [6, 6.07) is 4.04.